The number of benzene rings is 1. The van der Waals surface area contributed by atoms with Gasteiger partial charge in [0.1, 0.15) is 5.92 Å². The van der Waals surface area contributed by atoms with Crippen molar-refractivity contribution in [3.05, 3.63) is 35.0 Å². The Morgan fingerprint density at radius 1 is 1.35 bits per heavy atom. The highest BCUT2D eigenvalue weighted by atomic mass is 16.5. The maximum Gasteiger partial charge on any atom is 0.315 e. The molecule has 1 aromatic rings. The van der Waals surface area contributed by atoms with Gasteiger partial charge in [0.15, 0.2) is 17.3 Å². The fourth-order valence-electron chi connectivity index (χ4n) is 3.80. The van der Waals surface area contributed by atoms with Crippen LogP contribution in [0.3, 0.4) is 0 Å². The first kappa shape index (κ1) is 18.2. The summed E-state index contributed by atoms with van der Waals surface area (Å²) in [5.74, 6) is -1.27. The largest absolute Gasteiger partial charge is 0.504 e. The summed E-state index contributed by atoms with van der Waals surface area (Å²) < 4.78 is 10.4. The van der Waals surface area contributed by atoms with Crippen LogP contribution in [-0.4, -0.2) is 36.3 Å². The number of Topliss-reactive ketones (excluding diaryl/α,β-unsaturated/α-hetero) is 1. The Morgan fingerprint density at radius 2 is 2.12 bits per heavy atom. The Labute approximate surface area is 152 Å². The molecule has 1 aliphatic carbocycles. The van der Waals surface area contributed by atoms with E-state index in [9.17, 15) is 14.7 Å². The Bertz CT molecular complexity index is 808. The number of methoxy groups -OCH3 is 1. The summed E-state index contributed by atoms with van der Waals surface area (Å²) in [5, 5.41) is 10.2. The van der Waals surface area contributed by atoms with Gasteiger partial charge >= 0.3 is 5.97 Å². The Balaban J connectivity index is 2.15. The number of phenols is 1. The van der Waals surface area contributed by atoms with Crippen molar-refractivity contribution in [1.82, 2.24) is 0 Å². The lowest BCUT2D eigenvalue weighted by Crippen LogP contribution is -2.37. The molecule has 1 N–H and O–H groups in total. The molecule has 138 valence electrons. The van der Waals surface area contributed by atoms with Gasteiger partial charge in [0.2, 0.25) is 0 Å². The molecule has 0 bridgehead atoms. The van der Waals surface area contributed by atoms with Crippen LogP contribution in [0.5, 0.6) is 11.5 Å². The highest BCUT2D eigenvalue weighted by Crippen LogP contribution is 2.45. The zero-order valence-corrected chi connectivity index (χ0v) is 15.2. The van der Waals surface area contributed by atoms with Crippen LogP contribution in [0.1, 0.15) is 44.6 Å². The van der Waals surface area contributed by atoms with Gasteiger partial charge in [-0.25, -0.2) is 0 Å². The number of hydrogen-bond acceptors (Lipinski definition) is 6. The minimum atomic E-state index is -0.677. The molecule has 1 aliphatic heterocycles. The van der Waals surface area contributed by atoms with Gasteiger partial charge in [0, 0.05) is 29.3 Å². The molecule has 1 heterocycles. The van der Waals surface area contributed by atoms with E-state index in [0.717, 1.165) is 12.1 Å². The number of hydrogen-bond donors (Lipinski definition) is 1. The molecule has 0 fully saturated rings. The molecular formula is C20H23NO5. The van der Waals surface area contributed by atoms with Crippen molar-refractivity contribution < 1.29 is 24.2 Å². The van der Waals surface area contributed by atoms with E-state index >= 15 is 0 Å². The molecule has 0 saturated carbocycles. The van der Waals surface area contributed by atoms with Gasteiger partial charge in [-0.2, -0.15) is 0 Å². The summed E-state index contributed by atoms with van der Waals surface area (Å²) in [5.41, 5.74) is 2.64. The van der Waals surface area contributed by atoms with Crippen molar-refractivity contribution in [2.45, 2.75) is 39.0 Å². The number of rotatable bonds is 4. The molecule has 2 atom stereocenters. The number of phenolic OH excluding ortho intramolecular Hbond substituents is 1. The van der Waals surface area contributed by atoms with Gasteiger partial charge in [-0.05, 0) is 44.4 Å². The van der Waals surface area contributed by atoms with Crippen molar-refractivity contribution in [3.63, 3.8) is 0 Å². The third-order valence-electron chi connectivity index (χ3n) is 4.94. The fraction of sp³-hybridized carbons (Fsp3) is 0.450. The number of nitrogens with zero attached hydrogens (tertiary/aromatic N) is 1. The van der Waals surface area contributed by atoms with Crippen LogP contribution >= 0.6 is 0 Å². The van der Waals surface area contributed by atoms with Gasteiger partial charge < -0.3 is 14.6 Å². The third kappa shape index (κ3) is 3.11. The first-order chi connectivity index (χ1) is 12.5. The van der Waals surface area contributed by atoms with Crippen LogP contribution in [0, 0.1) is 5.92 Å². The zero-order chi connectivity index (χ0) is 18.8. The molecule has 0 amide bonds. The van der Waals surface area contributed by atoms with Crippen LogP contribution in [0.4, 0.5) is 0 Å². The average Bonchev–Trinajstić information content (AvgIpc) is 2.60. The van der Waals surface area contributed by atoms with Crippen LogP contribution in [0.15, 0.2) is 34.5 Å². The van der Waals surface area contributed by atoms with E-state index in [-0.39, 0.29) is 18.1 Å². The Hall–Kier alpha value is -2.63. The molecule has 0 radical (unpaired) electrons. The van der Waals surface area contributed by atoms with Crippen LogP contribution in [0.25, 0.3) is 0 Å². The number of allylic oxidation sites excluding steroid dienone is 2. The summed E-state index contributed by atoms with van der Waals surface area (Å²) in [6.07, 6.45) is 1.92. The van der Waals surface area contributed by atoms with Crippen molar-refractivity contribution in [2.24, 2.45) is 10.9 Å². The first-order valence-electron chi connectivity index (χ1n) is 8.82. The highest BCUT2D eigenvalue weighted by Gasteiger charge is 2.43. The molecule has 0 aromatic heterocycles. The fourth-order valence-corrected chi connectivity index (χ4v) is 3.80. The van der Waals surface area contributed by atoms with E-state index in [0.29, 0.717) is 35.4 Å². The van der Waals surface area contributed by atoms with E-state index in [4.69, 9.17) is 9.47 Å². The number of carbonyl (C=O) groups is 2. The van der Waals surface area contributed by atoms with E-state index in [1.807, 2.05) is 0 Å². The Morgan fingerprint density at radius 3 is 2.77 bits per heavy atom. The number of aromatic hydroxyl groups is 1. The number of ether oxygens (including phenoxy) is 2. The lowest BCUT2D eigenvalue weighted by molar-refractivity contribution is -0.146. The van der Waals surface area contributed by atoms with Crippen molar-refractivity contribution >= 4 is 17.5 Å². The zero-order valence-electron chi connectivity index (χ0n) is 15.2. The lowest BCUT2D eigenvalue weighted by Gasteiger charge is -2.34. The SMILES string of the molecule is CCOC(=O)C1C(C)=NC2=C(C(=O)CCC2)[C@@H]1c1ccc(OC)c(O)c1. The van der Waals surface area contributed by atoms with Crippen molar-refractivity contribution in [3.8, 4) is 11.5 Å². The summed E-state index contributed by atoms with van der Waals surface area (Å²) in [7, 11) is 1.47. The molecule has 1 unspecified atom stereocenters. The molecular weight excluding hydrogens is 334 g/mol. The Kier molecular flexibility index (Phi) is 5.11. The second kappa shape index (κ2) is 7.32. The van der Waals surface area contributed by atoms with Gasteiger partial charge in [-0.1, -0.05) is 6.07 Å². The predicted molar refractivity (Wildman–Crippen MR) is 96.5 cm³/mol. The number of ketones is 1. The predicted octanol–water partition coefficient (Wildman–Crippen LogP) is 3.15. The third-order valence-corrected chi connectivity index (χ3v) is 4.94. The van der Waals surface area contributed by atoms with E-state index in [1.165, 1.54) is 7.11 Å². The summed E-state index contributed by atoms with van der Waals surface area (Å²) in [6.45, 7) is 3.79. The lowest BCUT2D eigenvalue weighted by atomic mass is 9.71. The molecule has 2 aliphatic rings. The minimum absolute atomic E-state index is 0.0112. The smallest absolute Gasteiger partial charge is 0.315 e. The quantitative estimate of drug-likeness (QED) is 0.837. The van der Waals surface area contributed by atoms with Crippen molar-refractivity contribution in [2.75, 3.05) is 13.7 Å². The topological polar surface area (TPSA) is 85.2 Å². The minimum Gasteiger partial charge on any atom is -0.504 e. The maximum atomic E-state index is 12.7. The van der Waals surface area contributed by atoms with Gasteiger partial charge in [0.05, 0.1) is 13.7 Å². The molecule has 0 spiro atoms. The van der Waals surface area contributed by atoms with Gasteiger partial charge in [0.25, 0.3) is 0 Å². The normalized spacial score (nSPS) is 22.6. The second-order valence-electron chi connectivity index (χ2n) is 6.53. The van der Waals surface area contributed by atoms with Crippen LogP contribution in [0.2, 0.25) is 0 Å². The van der Waals surface area contributed by atoms with E-state index < -0.39 is 17.8 Å². The van der Waals surface area contributed by atoms with Crippen LogP contribution < -0.4 is 4.74 Å². The molecule has 6 nitrogen and oxygen atoms in total. The molecule has 0 saturated heterocycles. The monoisotopic (exact) mass is 357 g/mol. The standard InChI is InChI=1S/C20H23NO5/c1-4-26-20(24)17-11(2)21-13-6-5-7-14(22)19(13)18(17)12-8-9-16(25-3)15(23)10-12/h8-10,17-18,23H,4-7H2,1-3H3/t17?,18-/m1/s1. The second-order valence-corrected chi connectivity index (χ2v) is 6.53. The van der Waals surface area contributed by atoms with E-state index in [1.54, 1.807) is 32.0 Å². The molecule has 3 rings (SSSR count). The van der Waals surface area contributed by atoms with Gasteiger partial charge in [-0.3, -0.25) is 14.6 Å². The number of esters is 1. The van der Waals surface area contributed by atoms with Crippen LogP contribution in [-0.2, 0) is 14.3 Å². The summed E-state index contributed by atoms with van der Waals surface area (Å²) >= 11 is 0. The first-order valence-corrected chi connectivity index (χ1v) is 8.82. The van der Waals surface area contributed by atoms with Gasteiger partial charge in [-0.15, -0.1) is 0 Å². The summed E-state index contributed by atoms with van der Waals surface area (Å²) in [4.78, 5) is 29.9. The summed E-state index contributed by atoms with van der Waals surface area (Å²) in [6, 6.07) is 4.98. The molecule has 26 heavy (non-hydrogen) atoms. The van der Waals surface area contributed by atoms with Crippen molar-refractivity contribution in [1.29, 1.82) is 0 Å². The number of aliphatic imine (C=N–C) groups is 1. The highest BCUT2D eigenvalue weighted by molar-refractivity contribution is 6.08. The van der Waals surface area contributed by atoms with E-state index in [2.05, 4.69) is 4.99 Å². The maximum absolute atomic E-state index is 12.7. The molecule has 6 heteroatoms. The molecule has 1 aromatic carbocycles. The number of carbonyl (C=O) groups excluding carboxylic acids is 2. The average molecular weight is 357 g/mol.